The molecule has 0 aliphatic heterocycles. The Kier molecular flexibility index (Phi) is 31.8. The van der Waals surface area contributed by atoms with Gasteiger partial charge in [-0.1, -0.05) is 0 Å². The Morgan fingerprint density at radius 1 is 0.203 bits per heavy atom. The normalized spacial score (nSPS) is 21.3. The fourth-order valence-electron chi connectivity index (χ4n) is 22.0. The van der Waals surface area contributed by atoms with Crippen LogP contribution in [-0.2, 0) is 95.3 Å². The van der Waals surface area contributed by atoms with E-state index in [1.54, 1.807) is 55.6 Å². The number of rotatable bonds is 15. The minimum Gasteiger partial charge on any atom is -1.00 e. The number of allylic oxidation sites excluding steroid dienone is 10. The topological polar surface area (TPSA) is 0 Å². The number of hydrogen-bond donors (Lipinski definition) is 0. The van der Waals surface area contributed by atoms with Crippen LogP contribution in [0, 0.1) is 0 Å². The largest absolute Gasteiger partial charge is 1.00 e. The molecule has 10 aromatic carbocycles. The van der Waals surface area contributed by atoms with Crippen LogP contribution in [0.15, 0.2) is 303 Å². The second kappa shape index (κ2) is 39.8. The number of fused-ring (bicyclic) bond motifs is 10. The summed E-state index contributed by atoms with van der Waals surface area (Å²) < 4.78 is 18.7. The van der Waals surface area contributed by atoms with Gasteiger partial charge in [-0.3, -0.25) is 0 Å². The molecule has 10 unspecified atom stereocenters. The van der Waals surface area contributed by atoms with Gasteiger partial charge in [-0.2, -0.15) is 0 Å². The van der Waals surface area contributed by atoms with Crippen molar-refractivity contribution < 1.29 is 145 Å². The predicted molar refractivity (Wildman–Crippen MR) is 500 cm³/mol. The van der Waals surface area contributed by atoms with Gasteiger partial charge < -0.3 is 49.6 Å². The van der Waals surface area contributed by atoms with E-state index in [4.69, 9.17) is 0 Å². The van der Waals surface area contributed by atoms with Gasteiger partial charge in [0.25, 0.3) is 0 Å². The first kappa shape index (κ1) is 94.1. The molecule has 10 aliphatic rings. The Balaban J connectivity index is 0.000000135. The molecule has 0 bridgehead atoms. The summed E-state index contributed by atoms with van der Waals surface area (Å²) in [7, 11) is -2.77. The molecule has 118 heavy (non-hydrogen) atoms. The van der Waals surface area contributed by atoms with Gasteiger partial charge in [0.2, 0.25) is 0 Å². The van der Waals surface area contributed by atoms with E-state index in [9.17, 15) is 0 Å². The van der Waals surface area contributed by atoms with Crippen LogP contribution in [0.25, 0.3) is 60.8 Å². The maximum atomic E-state index is 2.79. The summed E-state index contributed by atoms with van der Waals surface area (Å²) in [5.74, 6) is 8.83. The van der Waals surface area contributed by atoms with Crippen LogP contribution < -0.4 is 49.6 Å². The summed E-state index contributed by atoms with van der Waals surface area (Å²) in [5.41, 5.74) is 30.9. The molecular formula is C104H117Cl4Ge2Si3Zr5. The van der Waals surface area contributed by atoms with Gasteiger partial charge >= 0.3 is 727 Å². The van der Waals surface area contributed by atoms with Gasteiger partial charge in [0, 0.05) is 0 Å². The van der Waals surface area contributed by atoms with Crippen LogP contribution >= 0.6 is 0 Å². The Morgan fingerprint density at radius 2 is 0.331 bits per heavy atom. The Morgan fingerprint density at radius 3 is 0.475 bits per heavy atom. The van der Waals surface area contributed by atoms with Gasteiger partial charge in [0.1, 0.15) is 0 Å². The number of hydrogen-bond acceptors (Lipinski definition) is 0. The first-order valence-corrected chi connectivity index (χ1v) is 115. The van der Waals surface area contributed by atoms with Crippen LogP contribution in [0.1, 0.15) is 148 Å². The second-order valence-corrected chi connectivity index (χ2v) is 216. The third-order valence-corrected chi connectivity index (χ3v) is 244. The van der Waals surface area contributed by atoms with Gasteiger partial charge in [-0.05, 0) is 0 Å². The Hall–Kier alpha value is -3.09. The van der Waals surface area contributed by atoms with E-state index < -0.39 is 134 Å². The molecule has 0 radical (unpaired) electrons. The summed E-state index contributed by atoms with van der Waals surface area (Å²) in [6.07, 6.45) is 49.4. The molecule has 20 rings (SSSR count). The summed E-state index contributed by atoms with van der Waals surface area (Å²) in [5, 5.41) is 0. The third-order valence-electron chi connectivity index (χ3n) is 29.7. The summed E-state index contributed by atoms with van der Waals surface area (Å²) >= 11 is -11.0. The molecule has 0 fully saturated rings. The quantitative estimate of drug-likeness (QED) is 0.0898. The van der Waals surface area contributed by atoms with Crippen LogP contribution in [0.4, 0.5) is 0 Å². The van der Waals surface area contributed by atoms with Crippen molar-refractivity contribution >= 4 is 99.6 Å². The maximum absolute atomic E-state index is 3.06. The molecule has 0 spiro atoms. The van der Waals surface area contributed by atoms with Gasteiger partial charge in [-0.15, -0.1) is 0 Å². The van der Waals surface area contributed by atoms with Crippen molar-refractivity contribution in [3.63, 3.8) is 0 Å². The van der Waals surface area contributed by atoms with E-state index in [1.165, 1.54) is 55.6 Å². The van der Waals surface area contributed by atoms with E-state index in [0.717, 1.165) is 21.8 Å². The monoisotopic (exact) mass is 2190 g/mol. The molecule has 0 saturated heterocycles. The number of benzene rings is 10. The molecule has 14 heteroatoms. The van der Waals surface area contributed by atoms with E-state index in [2.05, 4.69) is 445 Å². The molecule has 601 valence electrons. The van der Waals surface area contributed by atoms with E-state index >= 15 is 0 Å². The molecule has 10 atom stereocenters. The van der Waals surface area contributed by atoms with Crippen molar-refractivity contribution in [3.8, 4) is 0 Å². The molecule has 0 N–H and O–H groups in total. The summed E-state index contributed by atoms with van der Waals surface area (Å²) in [6.45, 7) is 15.6. The maximum Gasteiger partial charge on any atom is -1.00 e. The average molecular weight is 2190 g/mol. The van der Waals surface area contributed by atoms with Crippen molar-refractivity contribution in [3.05, 3.63) is 415 Å². The molecular weight excluding hydrogens is 2080 g/mol. The number of halogens is 4. The fraction of sp³-hybridized carbons (Fsp3) is 0.231. The SMILES string of the molecule is C[SiH](C)[Zr+2]([CH]1C=Cc2ccccc21)[CH]1C=Cc2ccccc21.C[SiH](C)[Zr+2]([CH]1C=Cc2ccccc21)[CH]1C=Cc2ccccc21.C[SiH](C)[Zr+2]([CH]1C=Cc2ccccc21)[CH]1C=Cc2ccccc21.[CH3][GeH]([CH3])[Zr-]([CH3])([CH3])([CH]1C=Cc2ccccc21)[CH]1C=Cc2ccccc21.[CH3][GeH]([CH3])[Zr-]([CH3])([CH3])([CH]1C=Cc2ccccc21)[CH]1C=Cc2ccccc21.[Cl-].[Cl-].[Cl-].[Cl-]. The Labute approximate surface area is 765 Å². The smallest absolute Gasteiger partial charge is 1.00 e. The van der Waals surface area contributed by atoms with Crippen LogP contribution in [0.5, 0.6) is 0 Å². The van der Waals surface area contributed by atoms with Crippen molar-refractivity contribution in [1.82, 2.24) is 0 Å². The van der Waals surface area contributed by atoms with Gasteiger partial charge in [0.15, 0.2) is 0 Å². The van der Waals surface area contributed by atoms with E-state index in [1.807, 2.05) is 0 Å². The first-order valence-electron chi connectivity index (χ1n) is 42.8. The van der Waals surface area contributed by atoms with E-state index in [-0.39, 0.29) is 49.6 Å². The first-order chi connectivity index (χ1) is 55.1. The second-order valence-electron chi connectivity index (χ2n) is 37.4. The Bertz CT molecular complexity index is 4840. The van der Waals surface area contributed by atoms with Gasteiger partial charge in [-0.25, -0.2) is 0 Å². The fourth-order valence-corrected chi connectivity index (χ4v) is 163. The van der Waals surface area contributed by atoms with Gasteiger partial charge in [0.05, 0.1) is 0 Å². The zero-order chi connectivity index (χ0) is 79.3. The van der Waals surface area contributed by atoms with Crippen molar-refractivity contribution in [1.29, 1.82) is 0 Å². The minimum atomic E-state index is -3.06. The molecule has 10 aliphatic carbocycles. The molecule has 0 amide bonds. The third kappa shape index (κ3) is 17.9. The van der Waals surface area contributed by atoms with E-state index in [0.29, 0.717) is 14.5 Å². The average Bonchev–Trinajstić information content (AvgIpc) is 1.54. The summed E-state index contributed by atoms with van der Waals surface area (Å²) in [4.78, 5) is 0. The van der Waals surface area contributed by atoms with Crippen molar-refractivity contribution in [2.75, 3.05) is 0 Å². The molecule has 0 saturated carbocycles. The van der Waals surface area contributed by atoms with Crippen LogP contribution in [-0.4, -0.2) is 38.9 Å². The zero-order valence-electron chi connectivity index (χ0n) is 71.3. The van der Waals surface area contributed by atoms with Crippen LogP contribution in [0.2, 0.25) is 80.8 Å². The standard InChI is InChI=1S/10C9H7.2C2H7Ge.3C2H7Si.4CH3.4ClH.5Zr/c10*1-2-5-9-7-3-6-8(9)4-1;5*1-3-2;;;;;;;;;;;;;/h10*1-7H;5*3H,1-2H3;4*1H3;4*1H;;;;;/q;;;;;;;;;;;;;;;;;;;;;;;2*-1;3*+2/p-4. The predicted octanol–water partition coefficient (Wildman–Crippen LogP) is 16.0. The minimum absolute atomic E-state index is 0. The van der Waals surface area contributed by atoms with Crippen molar-refractivity contribution in [2.45, 2.75) is 117 Å². The van der Waals surface area contributed by atoms with Crippen molar-refractivity contribution in [2.24, 2.45) is 0 Å². The molecule has 0 aromatic heterocycles. The van der Waals surface area contributed by atoms with Crippen LogP contribution in [0.3, 0.4) is 0 Å². The summed E-state index contributed by atoms with van der Waals surface area (Å²) in [6, 6.07) is 90.8. The zero-order valence-corrected chi connectivity index (χ0v) is 94.9. The molecule has 0 nitrogen and oxygen atoms in total. The molecule has 10 aromatic rings. The molecule has 0 heterocycles.